The van der Waals surface area contributed by atoms with Crippen LogP contribution in [0.1, 0.15) is 83.9 Å². The second kappa shape index (κ2) is 6.65. The van der Waals surface area contributed by atoms with Gasteiger partial charge in [-0.05, 0) is 49.0 Å². The number of hydrogen-bond donors (Lipinski definition) is 0. The summed E-state index contributed by atoms with van der Waals surface area (Å²) in [4.78, 5) is 3.89. The van der Waals surface area contributed by atoms with Crippen molar-refractivity contribution in [3.05, 3.63) is 40.2 Å². The summed E-state index contributed by atoms with van der Waals surface area (Å²) in [5, 5.41) is 0. The van der Waals surface area contributed by atoms with Crippen molar-refractivity contribution in [3.63, 3.8) is 0 Å². The van der Waals surface area contributed by atoms with Gasteiger partial charge in [-0.15, -0.1) is 0 Å². The molecular weight excluding hydrogens is 254 g/mol. The van der Waals surface area contributed by atoms with Gasteiger partial charge in [0.15, 0.2) is 5.69 Å². The van der Waals surface area contributed by atoms with E-state index in [-0.39, 0.29) is 10.8 Å². The zero-order chi connectivity index (χ0) is 16.3. The van der Waals surface area contributed by atoms with Crippen molar-refractivity contribution in [3.8, 4) is 0 Å². The fraction of sp³-hybridized carbons (Fsp3) is 0.650. The first kappa shape index (κ1) is 17.8. The van der Waals surface area contributed by atoms with Crippen LogP contribution in [-0.2, 0) is 10.8 Å². The van der Waals surface area contributed by atoms with Gasteiger partial charge in [-0.1, -0.05) is 64.8 Å². The molecular formula is C20H31N. The molecule has 1 heteroatoms. The van der Waals surface area contributed by atoms with Gasteiger partial charge in [-0.3, -0.25) is 0 Å². The van der Waals surface area contributed by atoms with Crippen molar-refractivity contribution in [2.75, 3.05) is 0 Å². The second-order valence-corrected chi connectivity index (χ2v) is 6.83. The molecule has 0 saturated carbocycles. The zero-order valence-corrected chi connectivity index (χ0v) is 14.9. The van der Waals surface area contributed by atoms with E-state index in [1.165, 1.54) is 16.7 Å². The molecule has 0 amide bonds. The summed E-state index contributed by atoms with van der Waals surface area (Å²) in [5.74, 6) is 0. The molecule has 0 bridgehead atoms. The van der Waals surface area contributed by atoms with Crippen LogP contribution in [0.3, 0.4) is 0 Å². The average Bonchev–Trinajstić information content (AvgIpc) is 2.52. The minimum absolute atomic E-state index is 0.108. The fourth-order valence-electron chi connectivity index (χ4n) is 3.25. The molecule has 21 heavy (non-hydrogen) atoms. The van der Waals surface area contributed by atoms with Gasteiger partial charge in [0.2, 0.25) is 0 Å². The first-order chi connectivity index (χ1) is 9.81. The Kier molecular flexibility index (Phi) is 5.62. The lowest BCUT2D eigenvalue weighted by molar-refractivity contribution is 0.430. The van der Waals surface area contributed by atoms with Crippen LogP contribution in [0.15, 0.2) is 12.1 Å². The maximum atomic E-state index is 7.65. The third-order valence-corrected chi connectivity index (χ3v) is 5.86. The molecule has 0 aromatic heterocycles. The minimum atomic E-state index is 0.108. The number of benzene rings is 1. The van der Waals surface area contributed by atoms with Gasteiger partial charge in [0.1, 0.15) is 0 Å². The molecule has 0 aliphatic rings. The van der Waals surface area contributed by atoms with Crippen LogP contribution in [0.2, 0.25) is 0 Å². The molecule has 0 radical (unpaired) electrons. The molecule has 1 nitrogen and oxygen atoms in total. The molecule has 0 aliphatic heterocycles. The maximum absolute atomic E-state index is 7.65. The van der Waals surface area contributed by atoms with Crippen molar-refractivity contribution < 1.29 is 0 Å². The smallest absolute Gasteiger partial charge is 0.191 e. The zero-order valence-electron chi connectivity index (χ0n) is 14.9. The Bertz CT molecular complexity index is 526. The van der Waals surface area contributed by atoms with Crippen LogP contribution in [0.25, 0.3) is 4.85 Å². The van der Waals surface area contributed by atoms with E-state index in [1.54, 1.807) is 0 Å². The van der Waals surface area contributed by atoms with Gasteiger partial charge < -0.3 is 0 Å². The van der Waals surface area contributed by atoms with E-state index in [2.05, 4.69) is 65.4 Å². The molecule has 1 aromatic carbocycles. The lowest BCUT2D eigenvalue weighted by atomic mass is 9.71. The first-order valence-electron chi connectivity index (χ1n) is 8.34. The lowest BCUT2D eigenvalue weighted by Gasteiger charge is -2.34. The summed E-state index contributed by atoms with van der Waals surface area (Å²) in [6.07, 6.45) is 4.37. The summed E-state index contributed by atoms with van der Waals surface area (Å²) in [6, 6.07) is 4.49. The van der Waals surface area contributed by atoms with Crippen LogP contribution in [0.5, 0.6) is 0 Å². The monoisotopic (exact) mass is 285 g/mol. The summed E-state index contributed by atoms with van der Waals surface area (Å²) >= 11 is 0. The normalized spacial score (nSPS) is 12.3. The van der Waals surface area contributed by atoms with Crippen molar-refractivity contribution >= 4 is 5.69 Å². The summed E-state index contributed by atoms with van der Waals surface area (Å²) in [6.45, 7) is 23.4. The van der Waals surface area contributed by atoms with E-state index >= 15 is 0 Å². The number of nitrogens with zero attached hydrogens (tertiary/aromatic N) is 1. The van der Waals surface area contributed by atoms with Crippen molar-refractivity contribution in [2.45, 2.75) is 85.0 Å². The number of aryl methyl sites for hydroxylation is 1. The Morgan fingerprint density at radius 1 is 0.905 bits per heavy atom. The highest BCUT2D eigenvalue weighted by molar-refractivity contribution is 5.61. The molecule has 1 aromatic rings. The van der Waals surface area contributed by atoms with E-state index in [9.17, 15) is 0 Å². The van der Waals surface area contributed by atoms with Crippen LogP contribution < -0.4 is 0 Å². The van der Waals surface area contributed by atoms with Crippen molar-refractivity contribution in [1.82, 2.24) is 0 Å². The molecule has 0 saturated heterocycles. The quantitative estimate of drug-likeness (QED) is 0.512. The molecule has 0 aliphatic carbocycles. The third kappa shape index (κ3) is 3.15. The highest BCUT2D eigenvalue weighted by atomic mass is 14.7. The van der Waals surface area contributed by atoms with E-state index in [0.717, 1.165) is 31.4 Å². The van der Waals surface area contributed by atoms with Crippen LogP contribution in [-0.4, -0.2) is 0 Å². The van der Waals surface area contributed by atoms with Crippen molar-refractivity contribution in [2.24, 2.45) is 0 Å². The Morgan fingerprint density at radius 3 is 1.76 bits per heavy atom. The van der Waals surface area contributed by atoms with Gasteiger partial charge in [-0.25, -0.2) is 4.85 Å². The fourth-order valence-corrected chi connectivity index (χ4v) is 3.25. The van der Waals surface area contributed by atoms with Crippen LogP contribution in [0.4, 0.5) is 5.69 Å². The van der Waals surface area contributed by atoms with E-state index in [4.69, 9.17) is 6.57 Å². The predicted molar refractivity (Wildman–Crippen MR) is 93.3 cm³/mol. The molecule has 0 N–H and O–H groups in total. The van der Waals surface area contributed by atoms with E-state index in [1.807, 2.05) is 0 Å². The van der Waals surface area contributed by atoms with E-state index in [0.29, 0.717) is 0 Å². The van der Waals surface area contributed by atoms with Gasteiger partial charge in [0.05, 0.1) is 6.57 Å². The first-order valence-corrected chi connectivity index (χ1v) is 8.34. The summed E-state index contributed by atoms with van der Waals surface area (Å²) in [5.41, 5.74) is 5.03. The van der Waals surface area contributed by atoms with Gasteiger partial charge in [0.25, 0.3) is 0 Å². The highest BCUT2D eigenvalue weighted by Crippen LogP contribution is 2.43. The molecule has 0 heterocycles. The van der Waals surface area contributed by atoms with Crippen molar-refractivity contribution in [1.29, 1.82) is 0 Å². The van der Waals surface area contributed by atoms with Gasteiger partial charge >= 0.3 is 0 Å². The molecule has 116 valence electrons. The van der Waals surface area contributed by atoms with Crippen LogP contribution in [0, 0.1) is 13.5 Å². The molecule has 0 fully saturated rings. The van der Waals surface area contributed by atoms with Gasteiger partial charge in [-0.2, -0.15) is 0 Å². The highest BCUT2D eigenvalue weighted by Gasteiger charge is 2.30. The Hall–Kier alpha value is -1.29. The SMILES string of the molecule is [C-]#[N+]c1cc(C(C)(CC)CC)cc(C)c1C(C)(CC)CC. The second-order valence-electron chi connectivity index (χ2n) is 6.83. The average molecular weight is 285 g/mol. The Balaban J connectivity index is 3.58. The standard InChI is InChI=1S/C20H31N/c1-9-19(6,10-2)16-13-15(5)18(17(14-16)21-8)20(7,11-3)12-4/h13-14H,9-12H2,1-7H3. The third-order valence-electron chi connectivity index (χ3n) is 5.86. The Morgan fingerprint density at radius 2 is 1.38 bits per heavy atom. The lowest BCUT2D eigenvalue weighted by Crippen LogP contribution is -2.23. The summed E-state index contributed by atoms with van der Waals surface area (Å²) < 4.78 is 0. The Labute approximate surface area is 131 Å². The molecule has 0 atom stereocenters. The number of rotatable bonds is 6. The molecule has 1 rings (SSSR count). The van der Waals surface area contributed by atoms with Crippen LogP contribution >= 0.6 is 0 Å². The predicted octanol–water partition coefficient (Wildman–Crippen LogP) is 6.70. The topological polar surface area (TPSA) is 4.36 Å². The molecule has 0 spiro atoms. The van der Waals surface area contributed by atoms with Gasteiger partial charge in [0, 0.05) is 0 Å². The largest absolute Gasteiger partial charge is 0.238 e. The van der Waals surface area contributed by atoms with E-state index < -0.39 is 0 Å². The summed E-state index contributed by atoms with van der Waals surface area (Å²) in [7, 11) is 0. The maximum Gasteiger partial charge on any atom is 0.191 e. The molecule has 0 unspecified atom stereocenters. The number of hydrogen-bond acceptors (Lipinski definition) is 0. The minimum Gasteiger partial charge on any atom is -0.238 e.